The van der Waals surface area contributed by atoms with E-state index in [0.717, 1.165) is 0 Å². The molecule has 4 heteroatoms. The maximum absolute atomic E-state index is 5.56. The molecular weight excluding hydrogens is 152 g/mol. The van der Waals surface area contributed by atoms with Gasteiger partial charge in [0.2, 0.25) is 5.96 Å². The minimum absolute atomic E-state index is 0.171. The van der Waals surface area contributed by atoms with Gasteiger partial charge in [0.05, 0.1) is 0 Å². The highest BCUT2D eigenvalue weighted by atomic mass is 15.3. The van der Waals surface area contributed by atoms with E-state index in [9.17, 15) is 0 Å². The van der Waals surface area contributed by atoms with Gasteiger partial charge in [-0.2, -0.15) is 0 Å². The van der Waals surface area contributed by atoms with Crippen molar-refractivity contribution in [3.63, 3.8) is 0 Å². The van der Waals surface area contributed by atoms with Gasteiger partial charge in [0.1, 0.15) is 0 Å². The van der Waals surface area contributed by atoms with Crippen molar-refractivity contribution in [2.24, 2.45) is 22.1 Å². The average Bonchev–Trinajstić information content (AvgIpc) is 1.98. The van der Waals surface area contributed by atoms with Gasteiger partial charge in [0.15, 0.2) is 0 Å². The van der Waals surface area contributed by atoms with Gasteiger partial charge in [-0.15, -0.1) is 5.10 Å². The molecule has 0 saturated carbocycles. The number of hydrogen-bond acceptors (Lipinski definition) is 2. The van der Waals surface area contributed by atoms with Crippen LogP contribution in [0.4, 0.5) is 0 Å². The fourth-order valence-electron chi connectivity index (χ4n) is 0.870. The molecule has 72 valence electrons. The molecule has 0 aromatic heterocycles. The third-order valence-corrected chi connectivity index (χ3v) is 2.33. The summed E-state index contributed by atoms with van der Waals surface area (Å²) in [7, 11) is 1.89. The highest BCUT2D eigenvalue weighted by Gasteiger charge is 2.24. The fraction of sp³-hybridized carbons (Fsp3) is 0.875. The quantitative estimate of drug-likeness (QED) is 0.262. The van der Waals surface area contributed by atoms with Gasteiger partial charge in [-0.25, -0.2) is 0 Å². The lowest BCUT2D eigenvalue weighted by Crippen LogP contribution is -2.46. The monoisotopic (exact) mass is 172 g/mol. The summed E-state index contributed by atoms with van der Waals surface area (Å²) in [5.41, 5.74) is 5.74. The first-order chi connectivity index (χ1) is 5.30. The number of nitrogens with two attached hydrogens (primary N) is 2. The standard InChI is InChI=1S/C8H20N4/c1-6(8(2,3)4)12(5)7(9)11-10/h6H,10H2,1-5H3,(H2,9,11). The molecule has 0 fully saturated rings. The van der Waals surface area contributed by atoms with Crippen molar-refractivity contribution in [3.05, 3.63) is 0 Å². The van der Waals surface area contributed by atoms with Crippen molar-refractivity contribution < 1.29 is 0 Å². The van der Waals surface area contributed by atoms with Crippen molar-refractivity contribution in [1.29, 1.82) is 0 Å². The van der Waals surface area contributed by atoms with Crippen molar-refractivity contribution in [3.8, 4) is 0 Å². The Labute approximate surface area is 74.6 Å². The summed E-state index contributed by atoms with van der Waals surface area (Å²) in [4.78, 5) is 1.88. The minimum Gasteiger partial charge on any atom is -0.368 e. The van der Waals surface area contributed by atoms with Crippen LogP contribution >= 0.6 is 0 Å². The Morgan fingerprint density at radius 2 is 1.83 bits per heavy atom. The largest absolute Gasteiger partial charge is 0.368 e. The molecule has 0 bridgehead atoms. The Morgan fingerprint density at radius 1 is 1.42 bits per heavy atom. The summed E-state index contributed by atoms with van der Waals surface area (Å²) in [6, 6.07) is 0.310. The zero-order valence-electron chi connectivity index (χ0n) is 8.63. The van der Waals surface area contributed by atoms with Crippen LogP contribution in [0.3, 0.4) is 0 Å². The summed E-state index contributed by atoms with van der Waals surface area (Å²) < 4.78 is 0. The van der Waals surface area contributed by atoms with Gasteiger partial charge >= 0.3 is 0 Å². The van der Waals surface area contributed by atoms with Crippen molar-refractivity contribution in [1.82, 2.24) is 4.90 Å². The molecule has 4 nitrogen and oxygen atoms in total. The Hall–Kier alpha value is -0.930. The van der Waals surface area contributed by atoms with Crippen LogP contribution in [0, 0.1) is 5.41 Å². The smallest absolute Gasteiger partial charge is 0.213 e. The second-order valence-corrected chi connectivity index (χ2v) is 4.14. The second kappa shape index (κ2) is 3.65. The SMILES string of the molecule is CC(N(C)/C(N)=N/N)C(C)(C)C. The van der Waals surface area contributed by atoms with Gasteiger partial charge in [-0.3, -0.25) is 0 Å². The van der Waals surface area contributed by atoms with Crippen molar-refractivity contribution in [2.75, 3.05) is 7.05 Å². The predicted octanol–water partition coefficient (Wildman–Crippen LogP) is 0.541. The van der Waals surface area contributed by atoms with Gasteiger partial charge < -0.3 is 16.5 Å². The van der Waals surface area contributed by atoms with Crippen LogP contribution in [-0.4, -0.2) is 23.9 Å². The van der Waals surface area contributed by atoms with E-state index in [2.05, 4.69) is 32.8 Å². The van der Waals surface area contributed by atoms with E-state index in [1.807, 2.05) is 11.9 Å². The molecule has 0 aliphatic carbocycles. The molecule has 0 radical (unpaired) electrons. The van der Waals surface area contributed by atoms with Crippen LogP contribution in [-0.2, 0) is 0 Å². The Kier molecular flexibility index (Phi) is 3.36. The molecule has 1 atom stereocenters. The molecule has 4 N–H and O–H groups in total. The van der Waals surface area contributed by atoms with Crippen LogP contribution in [0.1, 0.15) is 27.7 Å². The first kappa shape index (κ1) is 11.1. The molecule has 0 spiro atoms. The highest BCUT2D eigenvalue weighted by molar-refractivity contribution is 5.77. The van der Waals surface area contributed by atoms with E-state index in [0.29, 0.717) is 12.0 Å². The molecule has 0 aromatic carbocycles. The number of hydrazone groups is 1. The lowest BCUT2D eigenvalue weighted by Gasteiger charge is -2.35. The summed E-state index contributed by atoms with van der Waals surface area (Å²) in [5.74, 6) is 5.45. The molecule has 0 aliphatic heterocycles. The van der Waals surface area contributed by atoms with E-state index < -0.39 is 0 Å². The van der Waals surface area contributed by atoms with Crippen LogP contribution in [0.25, 0.3) is 0 Å². The third kappa shape index (κ3) is 2.60. The maximum Gasteiger partial charge on any atom is 0.213 e. The van der Waals surface area contributed by atoms with Gasteiger partial charge in [0.25, 0.3) is 0 Å². The van der Waals surface area contributed by atoms with E-state index >= 15 is 0 Å². The Balaban J connectivity index is 4.40. The van der Waals surface area contributed by atoms with Crippen molar-refractivity contribution in [2.45, 2.75) is 33.7 Å². The minimum atomic E-state index is 0.171. The van der Waals surface area contributed by atoms with E-state index in [1.165, 1.54) is 0 Å². The molecule has 12 heavy (non-hydrogen) atoms. The fourth-order valence-corrected chi connectivity index (χ4v) is 0.870. The maximum atomic E-state index is 5.56. The number of hydrogen-bond donors (Lipinski definition) is 2. The lowest BCUT2D eigenvalue weighted by atomic mass is 9.87. The van der Waals surface area contributed by atoms with Crippen LogP contribution in [0.15, 0.2) is 5.10 Å². The first-order valence-electron chi connectivity index (χ1n) is 4.07. The van der Waals surface area contributed by atoms with Crippen LogP contribution < -0.4 is 11.6 Å². The molecule has 1 unspecified atom stereocenters. The summed E-state index contributed by atoms with van der Waals surface area (Å²) >= 11 is 0. The number of nitrogens with zero attached hydrogens (tertiary/aromatic N) is 2. The molecule has 0 saturated heterocycles. The Bertz CT molecular complexity index is 168. The molecule has 0 aliphatic rings. The number of rotatable bonds is 1. The highest BCUT2D eigenvalue weighted by Crippen LogP contribution is 2.22. The van der Waals surface area contributed by atoms with Gasteiger partial charge in [-0.1, -0.05) is 20.8 Å². The number of guanidine groups is 1. The summed E-state index contributed by atoms with van der Waals surface area (Å²) in [6.45, 7) is 8.55. The average molecular weight is 172 g/mol. The first-order valence-corrected chi connectivity index (χ1v) is 4.07. The normalized spacial score (nSPS) is 15.9. The van der Waals surface area contributed by atoms with Crippen molar-refractivity contribution >= 4 is 5.96 Å². The van der Waals surface area contributed by atoms with E-state index in [1.54, 1.807) is 0 Å². The van der Waals surface area contributed by atoms with E-state index in [-0.39, 0.29) is 5.41 Å². The van der Waals surface area contributed by atoms with Gasteiger partial charge in [0, 0.05) is 13.1 Å². The van der Waals surface area contributed by atoms with Gasteiger partial charge in [-0.05, 0) is 12.3 Å². The molecule has 0 rings (SSSR count). The zero-order chi connectivity index (χ0) is 9.94. The molecule has 0 amide bonds. The Morgan fingerprint density at radius 3 is 2.08 bits per heavy atom. The topological polar surface area (TPSA) is 67.6 Å². The predicted molar refractivity (Wildman–Crippen MR) is 52.5 cm³/mol. The second-order valence-electron chi connectivity index (χ2n) is 4.14. The zero-order valence-corrected chi connectivity index (χ0v) is 8.63. The molecular formula is C8H20N4. The lowest BCUT2D eigenvalue weighted by molar-refractivity contribution is 0.206. The third-order valence-electron chi connectivity index (χ3n) is 2.33. The molecule has 0 heterocycles. The molecule has 0 aromatic rings. The van der Waals surface area contributed by atoms with Crippen LogP contribution in [0.5, 0.6) is 0 Å². The summed E-state index contributed by atoms with van der Waals surface area (Å²) in [5, 5.41) is 3.44. The van der Waals surface area contributed by atoms with Crippen LogP contribution in [0.2, 0.25) is 0 Å². The summed E-state index contributed by atoms with van der Waals surface area (Å²) in [6.07, 6.45) is 0. The van der Waals surface area contributed by atoms with E-state index in [4.69, 9.17) is 11.6 Å².